The molecule has 2 aliphatic heterocycles. The van der Waals surface area contributed by atoms with E-state index in [1.807, 2.05) is 30.3 Å². The predicted molar refractivity (Wildman–Crippen MR) is 107 cm³/mol. The van der Waals surface area contributed by atoms with Gasteiger partial charge in [-0.05, 0) is 12.0 Å². The molecule has 2 atom stereocenters. The summed E-state index contributed by atoms with van der Waals surface area (Å²) >= 11 is 0. The first-order chi connectivity index (χ1) is 13.5. The van der Waals surface area contributed by atoms with Crippen LogP contribution in [0.25, 0.3) is 0 Å². The number of ether oxygens (including phenoxy) is 1. The lowest BCUT2D eigenvalue weighted by Crippen LogP contribution is -2.62. The third kappa shape index (κ3) is 5.52. The Morgan fingerprint density at radius 2 is 1.82 bits per heavy atom. The monoisotopic (exact) mass is 391 g/mol. The number of methoxy groups -OCH3 is 1. The quantitative estimate of drug-likeness (QED) is 0.672. The highest BCUT2D eigenvalue weighted by Crippen LogP contribution is 2.25. The summed E-state index contributed by atoms with van der Waals surface area (Å²) in [6, 6.07) is 9.63. The van der Waals surface area contributed by atoms with Crippen LogP contribution in [0, 0.1) is 0 Å². The van der Waals surface area contributed by atoms with Crippen molar-refractivity contribution in [2.24, 2.45) is 0 Å². The van der Waals surface area contributed by atoms with Gasteiger partial charge in [0.1, 0.15) is 11.7 Å². The van der Waals surface area contributed by atoms with Crippen LogP contribution < -0.4 is 0 Å². The van der Waals surface area contributed by atoms with Crippen molar-refractivity contribution >= 4 is 5.91 Å². The minimum Gasteiger partial charge on any atom is -0.388 e. The minimum atomic E-state index is -1.15. The Hall–Kier alpha value is -1.51. The number of hydrogen-bond donors (Lipinski definition) is 2. The third-order valence-electron chi connectivity index (χ3n) is 5.95. The van der Waals surface area contributed by atoms with Gasteiger partial charge < -0.3 is 19.8 Å². The molecule has 0 radical (unpaired) electrons. The molecule has 156 valence electrons. The van der Waals surface area contributed by atoms with Gasteiger partial charge in [-0.3, -0.25) is 14.6 Å². The Morgan fingerprint density at radius 1 is 1.14 bits per heavy atom. The molecule has 0 unspecified atom stereocenters. The number of benzene rings is 1. The van der Waals surface area contributed by atoms with E-state index in [4.69, 9.17) is 4.74 Å². The highest BCUT2D eigenvalue weighted by Gasteiger charge is 2.43. The Labute approximate surface area is 167 Å². The first-order valence-electron chi connectivity index (χ1n) is 10.2. The topological polar surface area (TPSA) is 76.5 Å². The maximum absolute atomic E-state index is 12.5. The molecule has 2 heterocycles. The number of carbonyl (C=O) groups excluding carboxylic acids is 1. The van der Waals surface area contributed by atoms with E-state index in [9.17, 15) is 15.0 Å². The molecule has 1 aromatic rings. The van der Waals surface area contributed by atoms with Gasteiger partial charge in [-0.2, -0.15) is 0 Å². The van der Waals surface area contributed by atoms with Gasteiger partial charge in [-0.15, -0.1) is 0 Å². The lowest BCUT2D eigenvalue weighted by molar-refractivity contribution is -0.154. The molecule has 2 saturated heterocycles. The third-order valence-corrected chi connectivity index (χ3v) is 5.95. The number of piperidine rings is 1. The van der Waals surface area contributed by atoms with E-state index in [0.29, 0.717) is 25.9 Å². The molecule has 0 aliphatic carbocycles. The molecule has 2 fully saturated rings. The molecule has 1 amide bonds. The summed E-state index contributed by atoms with van der Waals surface area (Å²) in [5.41, 5.74) is -0.188. The number of nitrogens with zero attached hydrogens (tertiary/aromatic N) is 3. The molecule has 7 nitrogen and oxygen atoms in total. The summed E-state index contributed by atoms with van der Waals surface area (Å²) in [6.45, 7) is 6.40. The van der Waals surface area contributed by atoms with Crippen LogP contribution in [0.1, 0.15) is 12.0 Å². The number of hydrogen-bond acceptors (Lipinski definition) is 6. The molecule has 28 heavy (non-hydrogen) atoms. The van der Waals surface area contributed by atoms with E-state index in [1.54, 1.807) is 12.0 Å². The maximum Gasteiger partial charge on any atom is 0.227 e. The molecular formula is C21H33N3O4. The zero-order chi connectivity index (χ0) is 20.0. The van der Waals surface area contributed by atoms with Crippen LogP contribution in [0.15, 0.2) is 30.3 Å². The van der Waals surface area contributed by atoms with Crippen molar-refractivity contribution in [3.8, 4) is 0 Å². The smallest absolute Gasteiger partial charge is 0.227 e. The second kappa shape index (κ2) is 9.80. The molecule has 0 saturated carbocycles. The lowest BCUT2D eigenvalue weighted by Gasteiger charge is -2.45. The molecular weight excluding hydrogens is 358 g/mol. The van der Waals surface area contributed by atoms with Gasteiger partial charge in [0.25, 0.3) is 0 Å². The number of aliphatic hydroxyl groups is 2. The molecule has 1 aromatic carbocycles. The van der Waals surface area contributed by atoms with Gasteiger partial charge in [0, 0.05) is 59.5 Å². The summed E-state index contributed by atoms with van der Waals surface area (Å²) < 4.78 is 5.13. The Bertz CT molecular complexity index is 621. The normalized spacial score (nSPS) is 27.1. The van der Waals surface area contributed by atoms with E-state index in [2.05, 4.69) is 9.80 Å². The highest BCUT2D eigenvalue weighted by molar-refractivity contribution is 5.79. The first-order valence-corrected chi connectivity index (χ1v) is 10.2. The van der Waals surface area contributed by atoms with E-state index < -0.39 is 11.7 Å². The van der Waals surface area contributed by atoms with Crippen LogP contribution in [-0.4, -0.2) is 109 Å². The fourth-order valence-electron chi connectivity index (χ4n) is 4.04. The summed E-state index contributed by atoms with van der Waals surface area (Å²) in [6.07, 6.45) is -0.193. The molecule has 3 rings (SSSR count). The minimum absolute atomic E-state index is 0.000873. The molecule has 2 aliphatic rings. The van der Waals surface area contributed by atoms with Crippen molar-refractivity contribution < 1.29 is 19.7 Å². The predicted octanol–water partition coefficient (Wildman–Crippen LogP) is -0.183. The molecule has 0 aromatic heterocycles. The number of piperazine rings is 1. The fraction of sp³-hybridized carbons (Fsp3) is 0.667. The van der Waals surface area contributed by atoms with Crippen LogP contribution in [0.4, 0.5) is 0 Å². The van der Waals surface area contributed by atoms with Gasteiger partial charge in [0.05, 0.1) is 13.0 Å². The van der Waals surface area contributed by atoms with Gasteiger partial charge >= 0.3 is 0 Å². The number of amides is 1. The second-order valence-corrected chi connectivity index (χ2v) is 7.98. The van der Waals surface area contributed by atoms with Crippen molar-refractivity contribution in [3.05, 3.63) is 35.9 Å². The largest absolute Gasteiger partial charge is 0.388 e. The second-order valence-electron chi connectivity index (χ2n) is 7.98. The molecule has 7 heteroatoms. The first kappa shape index (κ1) is 21.2. The Balaban J connectivity index is 1.47. The molecule has 0 bridgehead atoms. The van der Waals surface area contributed by atoms with Crippen LogP contribution in [0.3, 0.4) is 0 Å². The van der Waals surface area contributed by atoms with Crippen LogP contribution in [0.5, 0.6) is 0 Å². The van der Waals surface area contributed by atoms with Gasteiger partial charge in [-0.1, -0.05) is 30.3 Å². The maximum atomic E-state index is 12.5. The Morgan fingerprint density at radius 3 is 2.46 bits per heavy atom. The summed E-state index contributed by atoms with van der Waals surface area (Å²) in [4.78, 5) is 18.8. The summed E-state index contributed by atoms with van der Waals surface area (Å²) in [5.74, 6) is -0.000873. The van der Waals surface area contributed by atoms with Crippen LogP contribution in [0.2, 0.25) is 0 Å². The standard InChI is InChI=1S/C21H33N3O4/c1-28-14-13-22-9-11-23(12-10-22)17-21(27)7-8-24(16-19(21)25)20(26)15-18-5-3-2-4-6-18/h2-6,19,25,27H,7-17H2,1H3/t19-,21-/m0/s1. The van der Waals surface area contributed by atoms with Crippen molar-refractivity contribution in [1.82, 2.24) is 14.7 Å². The van der Waals surface area contributed by atoms with Crippen molar-refractivity contribution in [1.29, 1.82) is 0 Å². The zero-order valence-electron chi connectivity index (χ0n) is 16.8. The van der Waals surface area contributed by atoms with E-state index in [-0.39, 0.29) is 12.5 Å². The Kier molecular flexibility index (Phi) is 7.42. The highest BCUT2D eigenvalue weighted by atomic mass is 16.5. The van der Waals surface area contributed by atoms with E-state index in [1.165, 1.54) is 0 Å². The zero-order valence-corrected chi connectivity index (χ0v) is 16.8. The van der Waals surface area contributed by atoms with Crippen molar-refractivity contribution in [3.63, 3.8) is 0 Å². The van der Waals surface area contributed by atoms with Crippen molar-refractivity contribution in [2.75, 3.05) is 66.1 Å². The van der Waals surface area contributed by atoms with E-state index in [0.717, 1.165) is 44.9 Å². The van der Waals surface area contributed by atoms with Crippen molar-refractivity contribution in [2.45, 2.75) is 24.5 Å². The van der Waals surface area contributed by atoms with Crippen LogP contribution in [-0.2, 0) is 16.0 Å². The summed E-state index contributed by atoms with van der Waals surface area (Å²) in [7, 11) is 1.71. The number of β-amino-alcohol motifs (C(OH)–C–C–N with tert-alkyl or cyclic N) is 2. The number of likely N-dealkylation sites (tertiary alicyclic amines) is 1. The number of carbonyl (C=O) groups is 1. The summed E-state index contributed by atoms with van der Waals surface area (Å²) in [5, 5.41) is 21.6. The van der Waals surface area contributed by atoms with Gasteiger partial charge in [-0.25, -0.2) is 0 Å². The van der Waals surface area contributed by atoms with Gasteiger partial charge in [0.2, 0.25) is 5.91 Å². The molecule has 2 N–H and O–H groups in total. The number of aliphatic hydroxyl groups excluding tert-OH is 1. The molecule has 0 spiro atoms. The van der Waals surface area contributed by atoms with Crippen LogP contribution >= 0.6 is 0 Å². The lowest BCUT2D eigenvalue weighted by atomic mass is 9.87. The van der Waals surface area contributed by atoms with E-state index >= 15 is 0 Å². The number of rotatable bonds is 7. The van der Waals surface area contributed by atoms with Gasteiger partial charge in [0.15, 0.2) is 0 Å². The fourth-order valence-corrected chi connectivity index (χ4v) is 4.04. The average molecular weight is 392 g/mol. The average Bonchev–Trinajstić information content (AvgIpc) is 2.70. The SMILES string of the molecule is COCCN1CCN(C[C@@]2(O)CCN(C(=O)Cc3ccccc3)C[C@@H]2O)CC1.